The Morgan fingerprint density at radius 2 is 1.44 bits per heavy atom. The Bertz CT molecular complexity index is 1410. The Morgan fingerprint density at radius 3 is 2.19 bits per heavy atom. The van der Waals surface area contributed by atoms with Gasteiger partial charge >= 0.3 is 0 Å². The molecule has 1 aliphatic rings. The average molecular weight is 604 g/mol. The second-order valence-electron chi connectivity index (χ2n) is 10.4. The van der Waals surface area contributed by atoms with Crippen LogP contribution in [0.3, 0.4) is 0 Å². The normalized spacial score (nSPS) is 13.2. The second kappa shape index (κ2) is 16.3. The van der Waals surface area contributed by atoms with Gasteiger partial charge in [0.05, 0.1) is 59.6 Å². The third kappa shape index (κ3) is 9.43. The fourth-order valence-corrected chi connectivity index (χ4v) is 5.81. The topological polar surface area (TPSA) is 65.5 Å². The Kier molecular flexibility index (Phi) is 11.7. The van der Waals surface area contributed by atoms with Crippen LogP contribution in [0.4, 0.5) is 10.8 Å². The van der Waals surface area contributed by atoms with Gasteiger partial charge < -0.3 is 33.5 Å². The first-order valence-corrected chi connectivity index (χ1v) is 15.6. The van der Waals surface area contributed by atoms with Gasteiger partial charge in [-0.25, -0.2) is 4.98 Å². The molecule has 0 spiro atoms. The zero-order valence-corrected chi connectivity index (χ0v) is 25.9. The average Bonchev–Trinajstić information content (AvgIpc) is 3.54. The molecule has 8 nitrogen and oxygen atoms in total. The summed E-state index contributed by atoms with van der Waals surface area (Å²) in [4.78, 5) is 9.67. The van der Waals surface area contributed by atoms with E-state index in [1.807, 2.05) is 30.3 Å². The number of nitrogens with zero attached hydrogens (tertiary/aromatic N) is 3. The van der Waals surface area contributed by atoms with Crippen molar-refractivity contribution in [3.8, 4) is 11.5 Å². The lowest BCUT2D eigenvalue weighted by Crippen LogP contribution is -2.36. The van der Waals surface area contributed by atoms with Crippen LogP contribution in [0, 0.1) is 0 Å². The van der Waals surface area contributed by atoms with E-state index in [9.17, 15) is 0 Å². The van der Waals surface area contributed by atoms with Crippen LogP contribution in [-0.4, -0.2) is 65.3 Å². The molecule has 0 atom stereocenters. The minimum Gasteiger partial charge on any atom is -0.497 e. The highest BCUT2D eigenvalue weighted by atomic mass is 32.1. The molecule has 5 rings (SSSR count). The number of ether oxygens (including phenoxy) is 5. The number of hydrogen-bond donors (Lipinski definition) is 0. The van der Waals surface area contributed by atoms with Crippen molar-refractivity contribution in [2.45, 2.75) is 26.1 Å². The first-order chi connectivity index (χ1) is 21.2. The minimum atomic E-state index is 0.454. The molecule has 1 aliphatic heterocycles. The lowest BCUT2D eigenvalue weighted by atomic mass is 10.1. The summed E-state index contributed by atoms with van der Waals surface area (Å²) >= 11 is 1.65. The molecule has 0 amide bonds. The zero-order valence-electron chi connectivity index (χ0n) is 25.1. The number of methoxy groups -OCH3 is 2. The zero-order chi connectivity index (χ0) is 29.7. The summed E-state index contributed by atoms with van der Waals surface area (Å²) in [6.45, 7) is 6.99. The van der Waals surface area contributed by atoms with E-state index in [0.717, 1.165) is 61.6 Å². The maximum Gasteiger partial charge on any atom is 0.186 e. The molecular weight excluding hydrogens is 562 g/mol. The number of anilines is 2. The molecule has 228 valence electrons. The van der Waals surface area contributed by atoms with Gasteiger partial charge in [-0.2, -0.15) is 0 Å². The molecule has 2 heterocycles. The molecule has 0 N–H and O–H groups in total. The highest BCUT2D eigenvalue weighted by Crippen LogP contribution is 2.27. The fourth-order valence-electron chi connectivity index (χ4n) is 5.00. The number of benzene rings is 3. The summed E-state index contributed by atoms with van der Waals surface area (Å²) in [6, 6.07) is 25.1. The first kappa shape index (κ1) is 30.8. The van der Waals surface area contributed by atoms with Crippen molar-refractivity contribution < 1.29 is 23.7 Å². The lowest BCUT2D eigenvalue weighted by molar-refractivity contribution is 0.0407. The Hall–Kier alpha value is -3.63. The summed E-state index contributed by atoms with van der Waals surface area (Å²) in [5, 5.41) is 3.05. The monoisotopic (exact) mass is 603 g/mol. The standard InChI is InChI=1S/C34H41N3O5S/c1-38-32-10-4-6-27(21-32)12-15-40-18-19-42-25-30-26-43-34(35-30)37(24-29-8-5-11-33(22-29)39-2)23-28-7-3-9-31(20-28)36-13-16-41-17-14-36/h3-11,20-22,26H,12-19,23-25H2,1-2H3. The van der Waals surface area contributed by atoms with E-state index in [-0.39, 0.29) is 0 Å². The number of hydrogen-bond acceptors (Lipinski definition) is 9. The maximum atomic E-state index is 5.90. The molecule has 0 unspecified atom stereocenters. The number of rotatable bonds is 16. The summed E-state index contributed by atoms with van der Waals surface area (Å²) < 4.78 is 28.0. The van der Waals surface area contributed by atoms with Crippen LogP contribution in [0.15, 0.2) is 78.2 Å². The SMILES string of the molecule is COc1cccc(CCOCCOCc2csc(N(Cc3cccc(OC)c3)Cc3cccc(N4CCOCC4)c3)n2)c1. The molecule has 3 aromatic carbocycles. The Balaban J connectivity index is 1.16. The van der Waals surface area contributed by atoms with Crippen LogP contribution in [-0.2, 0) is 40.3 Å². The quantitative estimate of drug-likeness (QED) is 0.145. The highest BCUT2D eigenvalue weighted by Gasteiger charge is 2.16. The molecule has 1 aromatic heterocycles. The largest absolute Gasteiger partial charge is 0.497 e. The van der Waals surface area contributed by atoms with Gasteiger partial charge in [0.1, 0.15) is 11.5 Å². The van der Waals surface area contributed by atoms with Crippen molar-refractivity contribution in [3.05, 3.63) is 101 Å². The van der Waals surface area contributed by atoms with Crippen LogP contribution in [0.25, 0.3) is 0 Å². The first-order valence-electron chi connectivity index (χ1n) is 14.7. The summed E-state index contributed by atoms with van der Waals surface area (Å²) in [5.41, 5.74) is 5.77. The van der Waals surface area contributed by atoms with Crippen molar-refractivity contribution in [2.24, 2.45) is 0 Å². The van der Waals surface area contributed by atoms with E-state index in [0.29, 0.717) is 33.0 Å². The van der Waals surface area contributed by atoms with Gasteiger partial charge in [-0.1, -0.05) is 36.4 Å². The third-order valence-electron chi connectivity index (χ3n) is 7.27. The predicted molar refractivity (Wildman–Crippen MR) is 172 cm³/mol. The fraction of sp³-hybridized carbons (Fsp3) is 0.382. The van der Waals surface area contributed by atoms with Crippen molar-refractivity contribution in [1.29, 1.82) is 0 Å². The van der Waals surface area contributed by atoms with E-state index in [2.05, 4.69) is 57.6 Å². The van der Waals surface area contributed by atoms with E-state index < -0.39 is 0 Å². The Morgan fingerprint density at radius 1 is 0.791 bits per heavy atom. The molecule has 1 fully saturated rings. The van der Waals surface area contributed by atoms with Crippen LogP contribution in [0.5, 0.6) is 11.5 Å². The second-order valence-corrected chi connectivity index (χ2v) is 11.2. The molecule has 4 aromatic rings. The van der Waals surface area contributed by atoms with E-state index in [1.165, 1.54) is 22.4 Å². The molecule has 0 saturated carbocycles. The van der Waals surface area contributed by atoms with E-state index in [1.54, 1.807) is 25.6 Å². The Labute approximate surface area is 258 Å². The van der Waals surface area contributed by atoms with Gasteiger partial charge in [-0.3, -0.25) is 0 Å². The van der Waals surface area contributed by atoms with E-state index in [4.69, 9.17) is 28.7 Å². The number of morpholine rings is 1. The lowest BCUT2D eigenvalue weighted by Gasteiger charge is -2.29. The minimum absolute atomic E-state index is 0.454. The number of aromatic nitrogens is 1. The van der Waals surface area contributed by atoms with Crippen LogP contribution >= 0.6 is 11.3 Å². The van der Waals surface area contributed by atoms with Crippen molar-refractivity contribution in [1.82, 2.24) is 4.98 Å². The maximum absolute atomic E-state index is 5.90. The van der Waals surface area contributed by atoms with Gasteiger partial charge in [0.2, 0.25) is 0 Å². The van der Waals surface area contributed by atoms with Crippen LogP contribution in [0.2, 0.25) is 0 Å². The van der Waals surface area contributed by atoms with Crippen molar-refractivity contribution >= 4 is 22.2 Å². The molecule has 0 aliphatic carbocycles. The predicted octanol–water partition coefficient (Wildman–Crippen LogP) is 5.98. The summed E-state index contributed by atoms with van der Waals surface area (Å²) in [5.74, 6) is 1.72. The summed E-state index contributed by atoms with van der Waals surface area (Å²) in [6.07, 6.45) is 0.838. The molecule has 43 heavy (non-hydrogen) atoms. The van der Waals surface area contributed by atoms with Gasteiger partial charge in [-0.05, 0) is 59.5 Å². The highest BCUT2D eigenvalue weighted by molar-refractivity contribution is 7.13. The molecule has 0 bridgehead atoms. The van der Waals surface area contributed by atoms with Gasteiger partial charge in [-0.15, -0.1) is 11.3 Å². The van der Waals surface area contributed by atoms with E-state index >= 15 is 0 Å². The molecular formula is C34H41N3O5S. The van der Waals surface area contributed by atoms with Crippen LogP contribution in [0.1, 0.15) is 22.4 Å². The molecule has 0 radical (unpaired) electrons. The van der Waals surface area contributed by atoms with Crippen LogP contribution < -0.4 is 19.3 Å². The van der Waals surface area contributed by atoms with Gasteiger partial charge in [0.25, 0.3) is 0 Å². The van der Waals surface area contributed by atoms with Gasteiger partial charge in [0.15, 0.2) is 5.13 Å². The molecule has 9 heteroatoms. The summed E-state index contributed by atoms with van der Waals surface area (Å²) in [7, 11) is 3.38. The molecule has 1 saturated heterocycles. The number of thiazole rings is 1. The van der Waals surface area contributed by atoms with Crippen molar-refractivity contribution in [2.75, 3.05) is 70.1 Å². The smallest absolute Gasteiger partial charge is 0.186 e. The van der Waals surface area contributed by atoms with Crippen molar-refractivity contribution in [3.63, 3.8) is 0 Å². The third-order valence-corrected chi connectivity index (χ3v) is 8.22. The van der Waals surface area contributed by atoms with Gasteiger partial charge in [0, 0.05) is 37.2 Å².